The minimum atomic E-state index is -1.08. The Morgan fingerprint density at radius 3 is 0.800 bits per heavy atom. The van der Waals surface area contributed by atoms with Crippen LogP contribution in [-0.4, -0.2) is 77.6 Å². The molecule has 0 spiro atoms. The van der Waals surface area contributed by atoms with Crippen LogP contribution in [-0.2, 0) is 14.4 Å². The van der Waals surface area contributed by atoms with Crippen molar-refractivity contribution in [2.24, 2.45) is 0 Å². The van der Waals surface area contributed by atoms with Crippen molar-refractivity contribution in [3.8, 4) is 0 Å². The third-order valence-electron chi connectivity index (χ3n) is 0.577. The number of carboxylic acids is 3. The molecule has 10 nitrogen and oxygen atoms in total. The Labute approximate surface area is 169 Å². The van der Waals surface area contributed by atoms with Gasteiger partial charge in [-0.25, -0.2) is 0 Å². The molecule has 0 aromatic carbocycles. The van der Waals surface area contributed by atoms with Crippen molar-refractivity contribution in [3.63, 3.8) is 0 Å². The molecule has 0 atom stereocenters. The van der Waals surface area contributed by atoms with Crippen LogP contribution >= 0.6 is 0 Å². The fourth-order valence-electron chi connectivity index (χ4n) is 0. The fourth-order valence-corrected chi connectivity index (χ4v) is 0. The molecule has 0 aliphatic carbocycles. The van der Waals surface area contributed by atoms with Crippen molar-refractivity contribution in [2.75, 3.05) is 0 Å². The van der Waals surface area contributed by atoms with Gasteiger partial charge in [-0.1, -0.05) is 13.8 Å². The first-order valence-electron chi connectivity index (χ1n) is 3.85. The topological polar surface area (TPSA) is 246 Å². The normalized spacial score (nSPS) is 4.95. The summed E-state index contributed by atoms with van der Waals surface area (Å²) in [5.74, 6) is -3.07. The van der Waals surface area contributed by atoms with E-state index in [9.17, 15) is 19.8 Å². The first kappa shape index (κ1) is 58.9. The zero-order valence-corrected chi connectivity index (χ0v) is 16.3. The summed E-state index contributed by atoms with van der Waals surface area (Å²) >= 11 is 0. The zero-order chi connectivity index (χ0) is 12.1. The van der Waals surface area contributed by atoms with Gasteiger partial charge in [0.05, 0.1) is 0 Å². The Morgan fingerprint density at radius 2 is 0.800 bits per heavy atom. The molecule has 0 aliphatic rings. The Hall–Kier alpha value is 0.510. The molecule has 0 rings (SSSR count). The van der Waals surface area contributed by atoms with Gasteiger partial charge in [0.1, 0.15) is 0 Å². The number of hydrogen-bond acceptors (Lipinski definition) is 6. The minimum Gasteiger partial charge on any atom is -0.550 e. The molecule has 0 heterocycles. The van der Waals surface area contributed by atoms with Gasteiger partial charge in [-0.15, -0.1) is 0 Å². The summed E-state index contributed by atoms with van der Waals surface area (Å²) in [4.78, 5) is 27.4. The van der Waals surface area contributed by atoms with Crippen molar-refractivity contribution in [2.45, 2.75) is 33.6 Å². The maximum Gasteiger partial charge on any atom is 2.00 e. The van der Waals surface area contributed by atoms with Gasteiger partial charge in [-0.05, 0) is 19.8 Å². The number of hydrogen-bond donors (Lipinski definition) is 0. The quantitative estimate of drug-likeness (QED) is 0.441. The molecule has 0 aliphatic heterocycles. The van der Waals surface area contributed by atoms with E-state index in [1.54, 1.807) is 0 Å². The van der Waals surface area contributed by atoms with E-state index in [1.165, 1.54) is 13.8 Å². The molecule has 116 valence electrons. The predicted molar refractivity (Wildman–Crippen MR) is 61.5 cm³/mol. The fraction of sp³-hybridized carbons (Fsp3) is 0.625. The third kappa shape index (κ3) is 279. The molecular weight excluding hydrogens is 319 g/mol. The molecule has 0 amide bonds. The van der Waals surface area contributed by atoms with E-state index in [4.69, 9.17) is 9.90 Å². The largest absolute Gasteiger partial charge is 2.00 e. The van der Waals surface area contributed by atoms with Gasteiger partial charge in [-0.2, -0.15) is 0 Å². The minimum absolute atomic E-state index is 0. The van der Waals surface area contributed by atoms with Gasteiger partial charge in [-0.3, -0.25) is 0 Å². The predicted octanol–water partition coefficient (Wildman–Crippen LogP) is -9.63. The Balaban J connectivity index is -0.0000000113. The van der Waals surface area contributed by atoms with Crippen molar-refractivity contribution in [1.82, 2.24) is 0 Å². The SMILES string of the molecule is CC(=O)[O-].CCC(=O)[O-].CCC(=O)[O-].O.O.O.O.[Ca+2].[Na+]. The molecule has 0 radical (unpaired) electrons. The number of rotatable bonds is 2. The van der Waals surface area contributed by atoms with Crippen molar-refractivity contribution in [3.05, 3.63) is 0 Å². The number of aliphatic carboxylic acids is 3. The number of carbonyl (C=O) groups is 3. The average Bonchev–Trinajstić information content (AvgIpc) is 2.04. The molecule has 8 N–H and O–H groups in total. The van der Waals surface area contributed by atoms with Gasteiger partial charge in [0.25, 0.3) is 0 Å². The molecule has 20 heavy (non-hydrogen) atoms. The summed E-state index contributed by atoms with van der Waals surface area (Å²) in [6, 6.07) is 0. The van der Waals surface area contributed by atoms with Crippen LogP contribution in [0.25, 0.3) is 0 Å². The second kappa shape index (κ2) is 50.5. The number of carboxylic acid groups (broad SMARTS) is 3. The molecule has 0 fully saturated rings. The van der Waals surface area contributed by atoms with Crippen LogP contribution in [0, 0.1) is 0 Å². The van der Waals surface area contributed by atoms with Crippen molar-refractivity contribution >= 4 is 55.6 Å². The molecule has 0 saturated heterocycles. The van der Waals surface area contributed by atoms with Gasteiger partial charge in [0.15, 0.2) is 0 Å². The van der Waals surface area contributed by atoms with E-state index in [2.05, 4.69) is 0 Å². The standard InChI is InChI=1S/2C3H6O2.C2H4O2.Ca.Na.4H2O/c2*1-2-3(4)5;1-2(3)4;;;;;;/h2*2H2,1H3,(H,4,5);1H3,(H,3,4);;;4*1H2/q;;;+2;+1;;;;/p-3. The second-order valence-corrected chi connectivity index (χ2v) is 1.94. The summed E-state index contributed by atoms with van der Waals surface area (Å²) in [6.07, 6.45) is 0.222. The molecular formula is C8H21CaNaO10. The van der Waals surface area contributed by atoms with Crippen LogP contribution in [0.4, 0.5) is 0 Å². The third-order valence-corrected chi connectivity index (χ3v) is 0.577. The van der Waals surface area contributed by atoms with Crippen LogP contribution < -0.4 is 44.9 Å². The molecule has 0 aromatic heterocycles. The van der Waals surface area contributed by atoms with E-state index in [0.29, 0.717) is 0 Å². The molecule has 0 saturated carbocycles. The molecule has 0 aromatic rings. The Kier molecular flexibility index (Phi) is 149. The Morgan fingerprint density at radius 1 is 0.750 bits per heavy atom. The van der Waals surface area contributed by atoms with Crippen LogP contribution in [0.1, 0.15) is 33.6 Å². The molecule has 0 bridgehead atoms. The van der Waals surface area contributed by atoms with Gasteiger partial charge >= 0.3 is 67.3 Å². The summed E-state index contributed by atoms with van der Waals surface area (Å²) in [5, 5.41) is 27.4. The monoisotopic (exact) mass is 340 g/mol. The van der Waals surface area contributed by atoms with Gasteiger partial charge in [0.2, 0.25) is 0 Å². The molecule has 0 unspecified atom stereocenters. The maximum absolute atomic E-state index is 9.26. The summed E-state index contributed by atoms with van der Waals surface area (Å²) < 4.78 is 0. The van der Waals surface area contributed by atoms with Crippen LogP contribution in [0.15, 0.2) is 0 Å². The van der Waals surface area contributed by atoms with Gasteiger partial charge in [0, 0.05) is 17.9 Å². The summed E-state index contributed by atoms with van der Waals surface area (Å²) in [6.45, 7) is 4.05. The molecule has 12 heteroatoms. The van der Waals surface area contributed by atoms with E-state index in [0.717, 1.165) is 6.92 Å². The number of carbonyl (C=O) groups excluding carboxylic acids is 3. The summed E-state index contributed by atoms with van der Waals surface area (Å²) in [7, 11) is 0. The van der Waals surface area contributed by atoms with Crippen LogP contribution in [0.2, 0.25) is 0 Å². The van der Waals surface area contributed by atoms with Gasteiger partial charge < -0.3 is 51.6 Å². The first-order chi connectivity index (χ1) is 6.27. The summed E-state index contributed by atoms with van der Waals surface area (Å²) in [5.41, 5.74) is 0. The van der Waals surface area contributed by atoms with E-state index in [-0.39, 0.29) is 102 Å². The smallest absolute Gasteiger partial charge is 0.550 e. The van der Waals surface area contributed by atoms with Crippen LogP contribution in [0.5, 0.6) is 0 Å². The Bertz CT molecular complexity index is 172. The zero-order valence-electron chi connectivity index (χ0n) is 12.1. The van der Waals surface area contributed by atoms with Crippen LogP contribution in [0.3, 0.4) is 0 Å². The van der Waals surface area contributed by atoms with Crippen molar-refractivity contribution < 1.29 is 81.2 Å². The second-order valence-electron chi connectivity index (χ2n) is 1.94. The maximum atomic E-state index is 9.26. The van der Waals surface area contributed by atoms with E-state index < -0.39 is 17.9 Å². The van der Waals surface area contributed by atoms with E-state index >= 15 is 0 Å². The van der Waals surface area contributed by atoms with Crippen molar-refractivity contribution in [1.29, 1.82) is 0 Å². The average molecular weight is 340 g/mol. The van der Waals surface area contributed by atoms with E-state index in [1.807, 2.05) is 0 Å². The first-order valence-corrected chi connectivity index (χ1v) is 3.85.